The highest BCUT2D eigenvalue weighted by atomic mass is 79.9. The average Bonchev–Trinajstić information content (AvgIpc) is 3.00. The monoisotopic (exact) mass is 339 g/mol. The second-order valence-corrected chi connectivity index (χ2v) is 6.54. The molecule has 1 saturated heterocycles. The average molecular weight is 340 g/mol. The van der Waals surface area contributed by atoms with Gasteiger partial charge in [0.2, 0.25) is 0 Å². The van der Waals surface area contributed by atoms with E-state index in [0.717, 1.165) is 41.7 Å². The molecule has 2 aliphatic rings. The van der Waals surface area contributed by atoms with Crippen molar-refractivity contribution < 1.29 is 10.3 Å². The molecule has 3 rings (SSSR count). The van der Waals surface area contributed by atoms with E-state index in [-0.39, 0.29) is 11.9 Å². The van der Waals surface area contributed by atoms with Gasteiger partial charge in [-0.3, -0.25) is 0 Å². The zero-order chi connectivity index (χ0) is 14.3. The molecule has 6 heteroatoms. The van der Waals surface area contributed by atoms with E-state index in [9.17, 15) is 5.11 Å². The molecule has 4 N–H and O–H groups in total. The standard InChI is InChI=1S/C14H18BrN3O2/c15-9-2-3-12(10(5-9)14(16)17-20)18-6-8-1-4-13(19)11(8)7-18/h2-3,5,8,11,13,19-20H,1,4,6-7H2,(H2,16,17). The summed E-state index contributed by atoms with van der Waals surface area (Å²) in [5.74, 6) is 1.01. The van der Waals surface area contributed by atoms with Crippen LogP contribution in [-0.4, -0.2) is 35.3 Å². The number of benzene rings is 1. The lowest BCUT2D eigenvalue weighted by Crippen LogP contribution is -2.27. The molecule has 1 aromatic carbocycles. The van der Waals surface area contributed by atoms with Gasteiger partial charge in [0.05, 0.1) is 6.10 Å². The number of amidine groups is 1. The van der Waals surface area contributed by atoms with E-state index in [0.29, 0.717) is 11.8 Å². The highest BCUT2D eigenvalue weighted by Gasteiger charge is 2.42. The smallest absolute Gasteiger partial charge is 0.172 e. The van der Waals surface area contributed by atoms with Crippen LogP contribution >= 0.6 is 15.9 Å². The van der Waals surface area contributed by atoms with Gasteiger partial charge in [-0.15, -0.1) is 0 Å². The number of nitrogens with two attached hydrogens (primary N) is 1. The molecule has 0 radical (unpaired) electrons. The second kappa shape index (κ2) is 5.26. The predicted molar refractivity (Wildman–Crippen MR) is 81.1 cm³/mol. The van der Waals surface area contributed by atoms with E-state index in [4.69, 9.17) is 10.9 Å². The topological polar surface area (TPSA) is 82.1 Å². The third kappa shape index (κ3) is 2.27. The minimum atomic E-state index is -0.187. The number of aliphatic hydroxyl groups is 1. The lowest BCUT2D eigenvalue weighted by atomic mass is 10.00. The molecule has 1 saturated carbocycles. The van der Waals surface area contributed by atoms with Crippen molar-refractivity contribution in [2.75, 3.05) is 18.0 Å². The van der Waals surface area contributed by atoms with Crippen LogP contribution in [0.5, 0.6) is 0 Å². The molecule has 1 aromatic rings. The van der Waals surface area contributed by atoms with Crippen LogP contribution in [0.25, 0.3) is 0 Å². The number of oxime groups is 1. The number of aliphatic hydroxyl groups excluding tert-OH is 1. The Balaban J connectivity index is 1.92. The second-order valence-electron chi connectivity index (χ2n) is 5.62. The zero-order valence-electron chi connectivity index (χ0n) is 11.0. The highest BCUT2D eigenvalue weighted by molar-refractivity contribution is 9.10. The van der Waals surface area contributed by atoms with Gasteiger partial charge < -0.3 is 20.9 Å². The van der Waals surface area contributed by atoms with Gasteiger partial charge in [-0.1, -0.05) is 21.1 Å². The number of anilines is 1. The van der Waals surface area contributed by atoms with Crippen LogP contribution in [-0.2, 0) is 0 Å². The minimum absolute atomic E-state index is 0.110. The fourth-order valence-corrected chi connectivity index (χ4v) is 3.84. The summed E-state index contributed by atoms with van der Waals surface area (Å²) in [6.07, 6.45) is 1.81. The summed E-state index contributed by atoms with van der Waals surface area (Å²) >= 11 is 3.41. The van der Waals surface area contributed by atoms with Gasteiger partial charge in [-0.25, -0.2) is 0 Å². The van der Waals surface area contributed by atoms with Gasteiger partial charge in [0.25, 0.3) is 0 Å². The summed E-state index contributed by atoms with van der Waals surface area (Å²) in [6, 6.07) is 5.79. The fraction of sp³-hybridized carbons (Fsp3) is 0.500. The summed E-state index contributed by atoms with van der Waals surface area (Å²) < 4.78 is 0.891. The van der Waals surface area contributed by atoms with Gasteiger partial charge in [-0.05, 0) is 37.0 Å². The van der Waals surface area contributed by atoms with Crippen LogP contribution < -0.4 is 10.6 Å². The van der Waals surface area contributed by atoms with Crippen molar-refractivity contribution in [1.82, 2.24) is 0 Å². The Bertz CT molecular complexity index is 549. The molecule has 1 aliphatic carbocycles. The fourth-order valence-electron chi connectivity index (χ4n) is 3.48. The Hall–Kier alpha value is -1.27. The number of rotatable bonds is 2. The zero-order valence-corrected chi connectivity index (χ0v) is 12.6. The van der Waals surface area contributed by atoms with Gasteiger partial charge in [0.1, 0.15) is 0 Å². The first-order valence-corrected chi connectivity index (χ1v) is 7.60. The normalized spacial score (nSPS) is 29.8. The highest BCUT2D eigenvalue weighted by Crippen LogP contribution is 2.40. The summed E-state index contributed by atoms with van der Waals surface area (Å²) in [5.41, 5.74) is 7.46. The van der Waals surface area contributed by atoms with E-state index in [1.54, 1.807) is 0 Å². The Labute approximate surface area is 126 Å². The van der Waals surface area contributed by atoms with Crippen LogP contribution in [0.2, 0.25) is 0 Å². The molecule has 2 fully saturated rings. The van der Waals surface area contributed by atoms with Crippen LogP contribution in [0.15, 0.2) is 27.8 Å². The molecule has 20 heavy (non-hydrogen) atoms. The summed E-state index contributed by atoms with van der Waals surface area (Å²) in [5, 5.41) is 22.1. The van der Waals surface area contributed by atoms with E-state index < -0.39 is 0 Å². The Morgan fingerprint density at radius 1 is 1.35 bits per heavy atom. The first kappa shape index (κ1) is 13.7. The SMILES string of the molecule is N/C(=N/O)c1cc(Br)ccc1N1CC2CCC(O)C2C1. The summed E-state index contributed by atoms with van der Waals surface area (Å²) in [7, 11) is 0. The molecule has 1 aliphatic heterocycles. The Morgan fingerprint density at radius 2 is 2.15 bits per heavy atom. The van der Waals surface area contributed by atoms with Gasteiger partial charge in [0.15, 0.2) is 5.84 Å². The van der Waals surface area contributed by atoms with Crippen molar-refractivity contribution in [3.8, 4) is 0 Å². The number of hydrogen-bond donors (Lipinski definition) is 3. The molecule has 5 nitrogen and oxygen atoms in total. The van der Waals surface area contributed by atoms with Crippen LogP contribution in [0.1, 0.15) is 18.4 Å². The lowest BCUT2D eigenvalue weighted by Gasteiger charge is -2.23. The van der Waals surface area contributed by atoms with Crippen molar-refractivity contribution >= 4 is 27.5 Å². The maximum atomic E-state index is 10.0. The maximum absolute atomic E-state index is 10.0. The third-order valence-corrected chi connectivity index (χ3v) is 5.00. The number of hydrogen-bond acceptors (Lipinski definition) is 4. The Kier molecular flexibility index (Phi) is 3.60. The largest absolute Gasteiger partial charge is 0.409 e. The molecule has 0 amide bonds. The Morgan fingerprint density at radius 3 is 2.85 bits per heavy atom. The molecule has 0 bridgehead atoms. The third-order valence-electron chi connectivity index (χ3n) is 4.50. The van der Waals surface area contributed by atoms with Crippen molar-refractivity contribution in [2.45, 2.75) is 18.9 Å². The minimum Gasteiger partial charge on any atom is -0.409 e. The molecule has 108 valence electrons. The first-order chi connectivity index (χ1) is 9.60. The van der Waals surface area contributed by atoms with E-state index in [1.165, 1.54) is 0 Å². The lowest BCUT2D eigenvalue weighted by molar-refractivity contribution is 0.133. The molecule has 3 atom stereocenters. The van der Waals surface area contributed by atoms with Crippen molar-refractivity contribution in [1.29, 1.82) is 0 Å². The summed E-state index contributed by atoms with van der Waals surface area (Å²) in [6.45, 7) is 1.76. The van der Waals surface area contributed by atoms with Gasteiger partial charge in [-0.2, -0.15) is 0 Å². The predicted octanol–water partition coefficient (Wildman–Crippen LogP) is 1.75. The van der Waals surface area contributed by atoms with Crippen LogP contribution in [0, 0.1) is 11.8 Å². The van der Waals surface area contributed by atoms with E-state index >= 15 is 0 Å². The van der Waals surface area contributed by atoms with Crippen LogP contribution in [0.4, 0.5) is 5.69 Å². The molecule has 0 aromatic heterocycles. The molecule has 3 unspecified atom stereocenters. The van der Waals surface area contributed by atoms with Gasteiger partial charge in [0, 0.05) is 34.7 Å². The van der Waals surface area contributed by atoms with Gasteiger partial charge >= 0.3 is 0 Å². The van der Waals surface area contributed by atoms with Crippen LogP contribution in [0.3, 0.4) is 0 Å². The van der Waals surface area contributed by atoms with Crippen molar-refractivity contribution in [3.63, 3.8) is 0 Å². The summed E-state index contributed by atoms with van der Waals surface area (Å²) in [4.78, 5) is 2.23. The van der Waals surface area contributed by atoms with E-state index in [2.05, 4.69) is 26.0 Å². The molecular weight excluding hydrogens is 322 g/mol. The molecule has 1 heterocycles. The van der Waals surface area contributed by atoms with Crippen molar-refractivity contribution in [2.24, 2.45) is 22.7 Å². The maximum Gasteiger partial charge on any atom is 0.172 e. The van der Waals surface area contributed by atoms with Crippen molar-refractivity contribution in [3.05, 3.63) is 28.2 Å². The number of fused-ring (bicyclic) bond motifs is 1. The molecular formula is C14H18BrN3O2. The number of halogens is 1. The number of nitrogens with zero attached hydrogens (tertiary/aromatic N) is 2. The van der Waals surface area contributed by atoms with E-state index in [1.807, 2.05) is 18.2 Å². The quantitative estimate of drug-likeness (QED) is 0.332. The molecule has 0 spiro atoms. The first-order valence-electron chi connectivity index (χ1n) is 6.80.